The molecule has 8 nitrogen and oxygen atoms in total. The molecule has 0 bridgehead atoms. The molecule has 1 N–H and O–H groups in total. The van der Waals surface area contributed by atoms with Crippen molar-refractivity contribution in [1.82, 2.24) is 24.9 Å². The number of anilines is 2. The van der Waals surface area contributed by atoms with E-state index in [-0.39, 0.29) is 5.91 Å². The Kier molecular flexibility index (Phi) is 6.89. The molecule has 1 aliphatic rings. The summed E-state index contributed by atoms with van der Waals surface area (Å²) in [5, 5.41) is 16.3. The quantitative estimate of drug-likeness (QED) is 0.431. The van der Waals surface area contributed by atoms with Crippen LogP contribution in [0.5, 0.6) is 0 Å². The van der Waals surface area contributed by atoms with Crippen LogP contribution in [0.25, 0.3) is 5.69 Å². The lowest BCUT2D eigenvalue weighted by Crippen LogP contribution is -2.49. The lowest BCUT2D eigenvalue weighted by atomic mass is 10.2. The summed E-state index contributed by atoms with van der Waals surface area (Å²) >= 11 is 3.05. The summed E-state index contributed by atoms with van der Waals surface area (Å²) in [6, 6.07) is 10.2. The SMILES string of the molecule is CCSc1nnc(NC(=O)CN2CCN(c3c(C)nn(-c4ccccc4)c3C)CC2)s1. The summed E-state index contributed by atoms with van der Waals surface area (Å²) in [5.41, 5.74) is 4.45. The van der Waals surface area contributed by atoms with E-state index in [1.807, 2.05) is 22.9 Å². The number of hydrogen-bond donors (Lipinski definition) is 1. The summed E-state index contributed by atoms with van der Waals surface area (Å²) in [4.78, 5) is 17.0. The standard InChI is InChI=1S/C21H27N7OS2/c1-4-30-21-24-23-20(31-21)22-18(29)14-26-10-12-27(13-11-26)19-15(2)25-28(16(19)3)17-8-6-5-7-9-17/h5-9H,4,10-14H2,1-3H3,(H,22,23,29). The fourth-order valence-corrected chi connectivity index (χ4v) is 5.51. The van der Waals surface area contributed by atoms with Crippen LogP contribution in [0.15, 0.2) is 34.7 Å². The summed E-state index contributed by atoms with van der Waals surface area (Å²) in [7, 11) is 0. The number of benzene rings is 1. The molecule has 164 valence electrons. The maximum Gasteiger partial charge on any atom is 0.240 e. The Morgan fingerprint density at radius 2 is 1.87 bits per heavy atom. The molecule has 0 saturated carbocycles. The summed E-state index contributed by atoms with van der Waals surface area (Å²) in [5.74, 6) is 0.901. The van der Waals surface area contributed by atoms with Crippen molar-refractivity contribution < 1.29 is 4.79 Å². The molecule has 1 saturated heterocycles. The van der Waals surface area contributed by atoms with Crippen molar-refractivity contribution in [3.05, 3.63) is 41.7 Å². The normalized spacial score (nSPS) is 14.7. The monoisotopic (exact) mass is 457 g/mol. The number of nitrogens with zero attached hydrogens (tertiary/aromatic N) is 6. The van der Waals surface area contributed by atoms with E-state index in [2.05, 4.69) is 58.2 Å². The van der Waals surface area contributed by atoms with Gasteiger partial charge in [0.1, 0.15) is 0 Å². The molecule has 10 heteroatoms. The van der Waals surface area contributed by atoms with Crippen LogP contribution in [0.4, 0.5) is 10.8 Å². The van der Waals surface area contributed by atoms with E-state index in [0.717, 1.165) is 53.3 Å². The number of piperazine rings is 1. The molecule has 0 radical (unpaired) electrons. The van der Waals surface area contributed by atoms with Gasteiger partial charge in [-0.3, -0.25) is 15.0 Å². The van der Waals surface area contributed by atoms with Gasteiger partial charge in [-0.1, -0.05) is 48.2 Å². The predicted molar refractivity (Wildman–Crippen MR) is 127 cm³/mol. The molecule has 2 aromatic heterocycles. The molecule has 31 heavy (non-hydrogen) atoms. The lowest BCUT2D eigenvalue weighted by Gasteiger charge is -2.35. The molecule has 0 atom stereocenters. The maximum absolute atomic E-state index is 12.4. The van der Waals surface area contributed by atoms with Crippen LogP contribution in [0.2, 0.25) is 0 Å². The molecule has 0 unspecified atom stereocenters. The van der Waals surface area contributed by atoms with E-state index in [0.29, 0.717) is 11.7 Å². The number of thioether (sulfide) groups is 1. The molecule has 1 aliphatic heterocycles. The van der Waals surface area contributed by atoms with Gasteiger partial charge in [0.05, 0.1) is 29.3 Å². The fraction of sp³-hybridized carbons (Fsp3) is 0.429. The minimum atomic E-state index is -0.0399. The Bertz CT molecular complexity index is 1030. The molecule has 1 fully saturated rings. The first-order valence-electron chi connectivity index (χ1n) is 10.4. The zero-order valence-electron chi connectivity index (χ0n) is 18.0. The van der Waals surface area contributed by atoms with E-state index in [1.54, 1.807) is 11.8 Å². The van der Waals surface area contributed by atoms with E-state index >= 15 is 0 Å². The minimum Gasteiger partial charge on any atom is -0.366 e. The average Bonchev–Trinajstić information content (AvgIpc) is 3.33. The third kappa shape index (κ3) is 5.08. The molecule has 3 aromatic rings. The highest BCUT2D eigenvalue weighted by molar-refractivity contribution is 8.01. The first-order valence-corrected chi connectivity index (χ1v) is 12.2. The van der Waals surface area contributed by atoms with Gasteiger partial charge in [-0.2, -0.15) is 5.10 Å². The van der Waals surface area contributed by atoms with Gasteiger partial charge in [-0.25, -0.2) is 4.68 Å². The predicted octanol–water partition coefficient (Wildman–Crippen LogP) is 3.21. The molecule has 0 aliphatic carbocycles. The number of carbonyl (C=O) groups excluding carboxylic acids is 1. The first kappa shape index (κ1) is 21.8. The number of carbonyl (C=O) groups is 1. The van der Waals surface area contributed by atoms with Crippen molar-refractivity contribution in [1.29, 1.82) is 0 Å². The number of para-hydroxylation sites is 1. The third-order valence-corrected chi connectivity index (χ3v) is 7.08. The molecular formula is C21H27N7OS2. The molecule has 0 spiro atoms. The fourth-order valence-electron chi connectivity index (χ4n) is 3.85. The molecule has 1 aromatic carbocycles. The van der Waals surface area contributed by atoms with Crippen LogP contribution < -0.4 is 10.2 Å². The van der Waals surface area contributed by atoms with Crippen molar-refractivity contribution in [2.24, 2.45) is 0 Å². The van der Waals surface area contributed by atoms with Crippen LogP contribution in [0.3, 0.4) is 0 Å². The van der Waals surface area contributed by atoms with Crippen molar-refractivity contribution in [2.75, 3.05) is 48.7 Å². The van der Waals surface area contributed by atoms with Gasteiger partial charge in [-0.15, -0.1) is 10.2 Å². The summed E-state index contributed by atoms with van der Waals surface area (Å²) in [6.07, 6.45) is 0. The third-order valence-electron chi connectivity index (χ3n) is 5.23. The topological polar surface area (TPSA) is 79.2 Å². The Morgan fingerprint density at radius 1 is 1.13 bits per heavy atom. The van der Waals surface area contributed by atoms with Gasteiger partial charge in [-0.05, 0) is 31.7 Å². The number of aromatic nitrogens is 4. The minimum absolute atomic E-state index is 0.0399. The zero-order chi connectivity index (χ0) is 21.8. The number of nitrogens with one attached hydrogen (secondary N) is 1. The van der Waals surface area contributed by atoms with Crippen molar-refractivity contribution >= 4 is 39.8 Å². The second-order valence-corrected chi connectivity index (χ2v) is 9.87. The average molecular weight is 458 g/mol. The molecule has 1 amide bonds. The van der Waals surface area contributed by atoms with Crippen LogP contribution in [-0.4, -0.2) is 69.3 Å². The van der Waals surface area contributed by atoms with Crippen molar-refractivity contribution in [2.45, 2.75) is 25.1 Å². The lowest BCUT2D eigenvalue weighted by molar-refractivity contribution is -0.117. The molecular weight excluding hydrogens is 430 g/mol. The smallest absolute Gasteiger partial charge is 0.240 e. The summed E-state index contributed by atoms with van der Waals surface area (Å²) < 4.78 is 2.89. The zero-order valence-corrected chi connectivity index (χ0v) is 19.7. The van der Waals surface area contributed by atoms with E-state index < -0.39 is 0 Å². The van der Waals surface area contributed by atoms with Crippen LogP contribution in [0, 0.1) is 13.8 Å². The highest BCUT2D eigenvalue weighted by atomic mass is 32.2. The van der Waals surface area contributed by atoms with E-state index in [1.165, 1.54) is 17.0 Å². The Morgan fingerprint density at radius 3 is 2.58 bits per heavy atom. The Labute approximate surface area is 190 Å². The maximum atomic E-state index is 12.4. The van der Waals surface area contributed by atoms with Gasteiger partial charge >= 0.3 is 0 Å². The first-order chi connectivity index (χ1) is 15.0. The number of rotatable bonds is 7. The second kappa shape index (κ2) is 9.80. The van der Waals surface area contributed by atoms with Crippen LogP contribution in [0.1, 0.15) is 18.3 Å². The van der Waals surface area contributed by atoms with Crippen molar-refractivity contribution in [3.63, 3.8) is 0 Å². The van der Waals surface area contributed by atoms with Crippen LogP contribution >= 0.6 is 23.1 Å². The van der Waals surface area contributed by atoms with Crippen molar-refractivity contribution in [3.8, 4) is 5.69 Å². The summed E-state index contributed by atoms with van der Waals surface area (Å²) in [6.45, 7) is 10.0. The molecule has 4 rings (SSSR count). The number of amides is 1. The van der Waals surface area contributed by atoms with Gasteiger partial charge in [0.15, 0.2) is 4.34 Å². The Balaban J connectivity index is 1.33. The largest absolute Gasteiger partial charge is 0.366 e. The Hall–Kier alpha value is -2.43. The van der Waals surface area contributed by atoms with Gasteiger partial charge in [0.25, 0.3) is 0 Å². The second-order valence-electron chi connectivity index (χ2n) is 7.38. The van der Waals surface area contributed by atoms with Gasteiger partial charge < -0.3 is 4.90 Å². The van der Waals surface area contributed by atoms with Crippen LogP contribution in [-0.2, 0) is 4.79 Å². The van der Waals surface area contributed by atoms with E-state index in [4.69, 9.17) is 5.10 Å². The van der Waals surface area contributed by atoms with E-state index in [9.17, 15) is 4.79 Å². The molecule has 3 heterocycles. The highest BCUT2D eigenvalue weighted by Crippen LogP contribution is 2.28. The van der Waals surface area contributed by atoms with Gasteiger partial charge in [0, 0.05) is 26.2 Å². The highest BCUT2D eigenvalue weighted by Gasteiger charge is 2.24. The van der Waals surface area contributed by atoms with Gasteiger partial charge in [0.2, 0.25) is 11.0 Å². The number of hydrogen-bond acceptors (Lipinski definition) is 8. The number of aryl methyl sites for hydroxylation is 1.